The molecule has 0 unspecified atom stereocenters. The number of ether oxygens (including phenoxy) is 2. The molecule has 0 spiro atoms. The molecule has 0 aliphatic carbocycles. The Morgan fingerprint density at radius 1 is 1.07 bits per heavy atom. The summed E-state index contributed by atoms with van der Waals surface area (Å²) in [5.41, 5.74) is 7.34. The van der Waals surface area contributed by atoms with Crippen LogP contribution in [0.1, 0.15) is 22.3 Å². The number of aryl methyl sites for hydroxylation is 3. The maximum atomic E-state index is 12.7. The Kier molecular flexibility index (Phi) is 7.01. The molecular formula is C30H24F3N5O3S. The molecule has 3 heterocycles. The zero-order chi connectivity index (χ0) is 29.6. The van der Waals surface area contributed by atoms with Crippen molar-refractivity contribution in [2.45, 2.75) is 26.8 Å². The van der Waals surface area contributed by atoms with Gasteiger partial charge in [0.15, 0.2) is 5.17 Å². The lowest BCUT2D eigenvalue weighted by Gasteiger charge is -2.20. The molecule has 4 aromatic rings. The van der Waals surface area contributed by atoms with Gasteiger partial charge in [-0.2, -0.15) is 10.2 Å². The molecular weight excluding hydrogens is 567 g/mol. The number of anilines is 1. The van der Waals surface area contributed by atoms with Crippen molar-refractivity contribution >= 4 is 34.7 Å². The molecule has 6 rings (SSSR count). The van der Waals surface area contributed by atoms with Gasteiger partial charge in [0.25, 0.3) is 0 Å². The first-order valence-electron chi connectivity index (χ1n) is 12.9. The van der Waals surface area contributed by atoms with Crippen LogP contribution in [0.4, 0.5) is 18.9 Å². The standard InChI is InChI=1S/C30H24F3N5O3S/c1-17-5-4-6-18(2)27(17)38-25(39)16-42-29(38)35-34-14-19-7-12-22-24(13-19)40-15-23-26(22)36-37(3)28(23)20-8-10-21(11-9-20)41-30(31,32)33/h4-14H,15-16H2,1-3H3/b34-14+,35-29-. The highest BCUT2D eigenvalue weighted by Crippen LogP contribution is 2.41. The Hall–Kier alpha value is -4.58. The van der Waals surface area contributed by atoms with E-state index in [9.17, 15) is 18.0 Å². The highest BCUT2D eigenvalue weighted by atomic mass is 32.2. The van der Waals surface area contributed by atoms with E-state index in [0.717, 1.165) is 44.9 Å². The number of para-hydroxylation sites is 1. The quantitative estimate of drug-likeness (QED) is 0.192. The van der Waals surface area contributed by atoms with Crippen LogP contribution >= 0.6 is 11.8 Å². The lowest BCUT2D eigenvalue weighted by atomic mass is 9.98. The highest BCUT2D eigenvalue weighted by molar-refractivity contribution is 8.15. The van der Waals surface area contributed by atoms with Crippen LogP contribution in [0.5, 0.6) is 11.5 Å². The largest absolute Gasteiger partial charge is 0.573 e. The molecule has 214 valence electrons. The number of thioether (sulfide) groups is 1. The van der Waals surface area contributed by atoms with Crippen LogP contribution in [0.2, 0.25) is 0 Å². The fourth-order valence-corrected chi connectivity index (χ4v) is 5.95. The van der Waals surface area contributed by atoms with Crippen LogP contribution in [0.3, 0.4) is 0 Å². The number of nitrogens with zero attached hydrogens (tertiary/aromatic N) is 5. The second-order valence-electron chi connectivity index (χ2n) is 9.80. The molecule has 0 radical (unpaired) electrons. The maximum Gasteiger partial charge on any atom is 0.573 e. The number of rotatable bonds is 5. The van der Waals surface area contributed by atoms with Gasteiger partial charge in [0.1, 0.15) is 23.8 Å². The fraction of sp³-hybridized carbons (Fsp3) is 0.200. The SMILES string of the molecule is Cc1cccc(C)c1N1C(=O)CS/C1=N\N=C\c1ccc2c(c1)OCc1c-2nn(C)c1-c1ccc(OC(F)(F)F)cc1. The first kappa shape index (κ1) is 27.6. The number of benzene rings is 3. The molecule has 1 fully saturated rings. The minimum atomic E-state index is -4.75. The molecule has 42 heavy (non-hydrogen) atoms. The third-order valence-corrected chi connectivity index (χ3v) is 7.83. The summed E-state index contributed by atoms with van der Waals surface area (Å²) in [5.74, 6) is 0.596. The number of carbonyl (C=O) groups excluding carboxylic acids is 1. The minimum Gasteiger partial charge on any atom is -0.488 e. The molecule has 12 heteroatoms. The van der Waals surface area contributed by atoms with Crippen molar-refractivity contribution in [2.75, 3.05) is 10.7 Å². The molecule has 2 aliphatic rings. The van der Waals surface area contributed by atoms with Crippen molar-refractivity contribution in [3.8, 4) is 34.0 Å². The summed E-state index contributed by atoms with van der Waals surface area (Å²) >= 11 is 1.35. The van der Waals surface area contributed by atoms with Gasteiger partial charge in [-0.15, -0.1) is 18.3 Å². The van der Waals surface area contributed by atoms with Crippen LogP contribution in [-0.2, 0) is 18.4 Å². The normalized spacial score (nSPS) is 15.7. The van der Waals surface area contributed by atoms with Crippen molar-refractivity contribution in [3.63, 3.8) is 0 Å². The second kappa shape index (κ2) is 10.7. The third kappa shape index (κ3) is 5.25. The van der Waals surface area contributed by atoms with Gasteiger partial charge in [-0.1, -0.05) is 36.0 Å². The molecule has 1 saturated heterocycles. The van der Waals surface area contributed by atoms with E-state index in [-0.39, 0.29) is 18.3 Å². The van der Waals surface area contributed by atoms with E-state index in [1.807, 2.05) is 50.2 Å². The van der Waals surface area contributed by atoms with Crippen LogP contribution in [0, 0.1) is 13.8 Å². The Morgan fingerprint density at radius 3 is 2.52 bits per heavy atom. The number of amidine groups is 1. The van der Waals surface area contributed by atoms with Crippen molar-refractivity contribution in [1.29, 1.82) is 0 Å². The summed E-state index contributed by atoms with van der Waals surface area (Å²) in [7, 11) is 1.78. The average Bonchev–Trinajstić information content (AvgIpc) is 3.47. The van der Waals surface area contributed by atoms with E-state index >= 15 is 0 Å². The molecule has 0 saturated carbocycles. The molecule has 3 aromatic carbocycles. The van der Waals surface area contributed by atoms with E-state index in [1.165, 1.54) is 23.9 Å². The molecule has 0 atom stereocenters. The maximum absolute atomic E-state index is 12.7. The Morgan fingerprint density at radius 2 is 1.81 bits per heavy atom. The zero-order valence-corrected chi connectivity index (χ0v) is 23.6. The summed E-state index contributed by atoms with van der Waals surface area (Å²) in [6, 6.07) is 17.2. The number of halogens is 3. The topological polar surface area (TPSA) is 81.3 Å². The van der Waals surface area contributed by atoms with Gasteiger partial charge in [-0.05, 0) is 66.9 Å². The summed E-state index contributed by atoms with van der Waals surface area (Å²) in [6.45, 7) is 4.16. The van der Waals surface area contributed by atoms with Crippen molar-refractivity contribution < 1.29 is 27.4 Å². The number of amides is 1. The smallest absolute Gasteiger partial charge is 0.488 e. The summed E-state index contributed by atoms with van der Waals surface area (Å²) in [6.07, 6.45) is -3.15. The van der Waals surface area contributed by atoms with Crippen molar-refractivity contribution in [2.24, 2.45) is 17.3 Å². The molecule has 0 N–H and O–H groups in total. The number of aromatic nitrogens is 2. The Bertz CT molecular complexity index is 1740. The van der Waals surface area contributed by atoms with E-state index in [0.29, 0.717) is 22.2 Å². The average molecular weight is 592 g/mol. The van der Waals surface area contributed by atoms with E-state index in [4.69, 9.17) is 4.74 Å². The fourth-order valence-electron chi connectivity index (χ4n) is 5.14. The van der Waals surface area contributed by atoms with Crippen LogP contribution in [0.15, 0.2) is 70.9 Å². The second-order valence-corrected chi connectivity index (χ2v) is 10.7. The zero-order valence-electron chi connectivity index (χ0n) is 22.8. The Labute approximate surface area is 243 Å². The number of hydrogen-bond acceptors (Lipinski definition) is 7. The number of carbonyl (C=O) groups is 1. The first-order chi connectivity index (χ1) is 20.1. The number of hydrogen-bond donors (Lipinski definition) is 0. The van der Waals surface area contributed by atoms with Crippen LogP contribution in [0.25, 0.3) is 22.5 Å². The first-order valence-corrected chi connectivity index (χ1v) is 13.9. The van der Waals surface area contributed by atoms with E-state index in [1.54, 1.807) is 35.0 Å². The summed E-state index contributed by atoms with van der Waals surface area (Å²) in [5, 5.41) is 13.8. The minimum absolute atomic E-state index is 0.0374. The van der Waals surface area contributed by atoms with Gasteiger partial charge in [-0.3, -0.25) is 14.4 Å². The lowest BCUT2D eigenvalue weighted by molar-refractivity contribution is -0.274. The molecule has 0 bridgehead atoms. The van der Waals surface area contributed by atoms with Gasteiger partial charge in [-0.25, -0.2) is 0 Å². The van der Waals surface area contributed by atoms with Crippen molar-refractivity contribution in [3.05, 3.63) is 82.9 Å². The van der Waals surface area contributed by atoms with Gasteiger partial charge < -0.3 is 9.47 Å². The van der Waals surface area contributed by atoms with Crippen LogP contribution < -0.4 is 14.4 Å². The van der Waals surface area contributed by atoms with Gasteiger partial charge in [0, 0.05) is 23.7 Å². The van der Waals surface area contributed by atoms with E-state index in [2.05, 4.69) is 20.0 Å². The molecule has 1 aromatic heterocycles. The monoisotopic (exact) mass is 591 g/mol. The predicted octanol–water partition coefficient (Wildman–Crippen LogP) is 6.63. The van der Waals surface area contributed by atoms with E-state index < -0.39 is 6.36 Å². The third-order valence-electron chi connectivity index (χ3n) is 6.92. The Balaban J connectivity index is 1.24. The van der Waals surface area contributed by atoms with Gasteiger partial charge in [0.2, 0.25) is 5.91 Å². The van der Waals surface area contributed by atoms with Gasteiger partial charge >= 0.3 is 6.36 Å². The van der Waals surface area contributed by atoms with Crippen LogP contribution in [-0.4, -0.2) is 39.2 Å². The van der Waals surface area contributed by atoms with Gasteiger partial charge in [0.05, 0.1) is 23.3 Å². The molecule has 8 nitrogen and oxygen atoms in total. The number of fused-ring (bicyclic) bond motifs is 3. The predicted molar refractivity (Wildman–Crippen MR) is 156 cm³/mol. The highest BCUT2D eigenvalue weighted by Gasteiger charge is 2.33. The lowest BCUT2D eigenvalue weighted by Crippen LogP contribution is -2.30. The number of alkyl halides is 3. The molecule has 1 amide bonds. The molecule has 2 aliphatic heterocycles. The van der Waals surface area contributed by atoms with Crippen molar-refractivity contribution in [1.82, 2.24) is 9.78 Å². The summed E-state index contributed by atoms with van der Waals surface area (Å²) in [4.78, 5) is 14.3. The summed E-state index contributed by atoms with van der Waals surface area (Å²) < 4.78 is 49.4.